The molecule has 7 heteroatoms. The largest absolute Gasteiger partial charge is 0.497 e. The van der Waals surface area contributed by atoms with E-state index < -0.39 is 0 Å². The number of nitrogens with zero attached hydrogens (tertiary/aromatic N) is 3. The van der Waals surface area contributed by atoms with Gasteiger partial charge in [-0.15, -0.1) is 11.3 Å². The molecule has 0 atom stereocenters. The Bertz CT molecular complexity index is 1220. The number of aromatic nitrogens is 2. The summed E-state index contributed by atoms with van der Waals surface area (Å²) in [6.07, 6.45) is 0. The van der Waals surface area contributed by atoms with Crippen molar-refractivity contribution in [2.75, 3.05) is 13.7 Å². The minimum atomic E-state index is 0.0157. The molecule has 0 radical (unpaired) electrons. The highest BCUT2D eigenvalue weighted by Crippen LogP contribution is 2.35. The monoisotopic (exact) mass is 475 g/mol. The highest BCUT2D eigenvalue weighted by Gasteiger charge is 2.26. The lowest BCUT2D eigenvalue weighted by molar-refractivity contribution is 0.0727. The molecular formula is C27H29N3O3S. The molecule has 0 aliphatic rings. The lowest BCUT2D eigenvalue weighted by Gasteiger charge is -2.25. The Morgan fingerprint density at radius 1 is 1.03 bits per heavy atom. The van der Waals surface area contributed by atoms with Gasteiger partial charge in [0.15, 0.2) is 0 Å². The van der Waals surface area contributed by atoms with Gasteiger partial charge < -0.3 is 14.4 Å². The van der Waals surface area contributed by atoms with Gasteiger partial charge in [0, 0.05) is 19.2 Å². The van der Waals surface area contributed by atoms with Gasteiger partial charge in [-0.2, -0.15) is 5.10 Å². The van der Waals surface area contributed by atoms with Crippen molar-refractivity contribution < 1.29 is 14.3 Å². The average Bonchev–Trinajstić information content (AvgIpc) is 3.48. The first-order valence-corrected chi connectivity index (χ1v) is 12.1. The Hall–Kier alpha value is -3.58. The van der Waals surface area contributed by atoms with E-state index in [-0.39, 0.29) is 5.91 Å². The van der Waals surface area contributed by atoms with Crippen LogP contribution >= 0.6 is 11.3 Å². The highest BCUT2D eigenvalue weighted by molar-refractivity contribution is 7.12. The minimum absolute atomic E-state index is 0.0157. The van der Waals surface area contributed by atoms with Crippen LogP contribution in [0, 0.1) is 5.92 Å². The van der Waals surface area contributed by atoms with Gasteiger partial charge in [0.2, 0.25) is 5.88 Å². The van der Waals surface area contributed by atoms with Gasteiger partial charge in [-0.3, -0.25) is 4.79 Å². The summed E-state index contributed by atoms with van der Waals surface area (Å²) in [5, 5.41) is 6.73. The van der Waals surface area contributed by atoms with Crippen LogP contribution in [-0.2, 0) is 13.6 Å². The Labute approximate surface area is 204 Å². The summed E-state index contributed by atoms with van der Waals surface area (Å²) in [5.41, 5.74) is 2.65. The van der Waals surface area contributed by atoms with Crippen LogP contribution in [0.1, 0.15) is 29.1 Å². The quantitative estimate of drug-likeness (QED) is 0.287. The Kier molecular flexibility index (Phi) is 7.33. The fraction of sp³-hybridized carbons (Fsp3) is 0.259. The Balaban J connectivity index is 1.76. The topological polar surface area (TPSA) is 56.6 Å². The Morgan fingerprint density at radius 3 is 2.35 bits per heavy atom. The first-order valence-electron chi connectivity index (χ1n) is 11.2. The molecule has 0 bridgehead atoms. The van der Waals surface area contributed by atoms with Crippen molar-refractivity contribution in [3.63, 3.8) is 0 Å². The number of benzene rings is 2. The SMILES string of the molecule is COc1ccc(Oc2c(CN(CC(C)C)C(=O)c3cccs3)c(-c3ccccc3)nn2C)cc1. The number of ether oxygens (including phenoxy) is 2. The summed E-state index contributed by atoms with van der Waals surface area (Å²) in [5.74, 6) is 2.36. The second-order valence-electron chi connectivity index (χ2n) is 8.46. The van der Waals surface area contributed by atoms with Gasteiger partial charge in [0.1, 0.15) is 17.2 Å². The fourth-order valence-corrected chi connectivity index (χ4v) is 4.50. The third-order valence-electron chi connectivity index (χ3n) is 5.36. The van der Waals surface area contributed by atoms with Crippen LogP contribution in [0.3, 0.4) is 0 Å². The van der Waals surface area contributed by atoms with Crippen molar-refractivity contribution in [1.82, 2.24) is 14.7 Å². The lowest BCUT2D eigenvalue weighted by Crippen LogP contribution is -2.33. The second-order valence-corrected chi connectivity index (χ2v) is 9.40. The van der Waals surface area contributed by atoms with E-state index in [1.54, 1.807) is 11.8 Å². The molecule has 1 amide bonds. The summed E-state index contributed by atoms with van der Waals surface area (Å²) in [7, 11) is 3.50. The molecule has 0 aliphatic heterocycles. The molecular weight excluding hydrogens is 446 g/mol. The van der Waals surface area contributed by atoms with E-state index in [4.69, 9.17) is 14.6 Å². The van der Waals surface area contributed by atoms with Crippen molar-refractivity contribution in [3.05, 3.63) is 82.6 Å². The molecule has 34 heavy (non-hydrogen) atoms. The Morgan fingerprint density at radius 2 is 1.74 bits per heavy atom. The number of methoxy groups -OCH3 is 1. The van der Waals surface area contributed by atoms with E-state index in [1.165, 1.54) is 11.3 Å². The molecule has 0 aliphatic carbocycles. The van der Waals surface area contributed by atoms with Crippen molar-refractivity contribution in [1.29, 1.82) is 0 Å². The van der Waals surface area contributed by atoms with E-state index in [0.29, 0.717) is 30.6 Å². The zero-order valence-corrected chi connectivity index (χ0v) is 20.7. The number of carbonyl (C=O) groups is 1. The van der Waals surface area contributed by atoms with E-state index in [2.05, 4.69) is 13.8 Å². The van der Waals surface area contributed by atoms with Gasteiger partial charge in [-0.25, -0.2) is 4.68 Å². The maximum absolute atomic E-state index is 13.4. The normalized spacial score (nSPS) is 11.0. The van der Waals surface area contributed by atoms with E-state index >= 15 is 0 Å². The minimum Gasteiger partial charge on any atom is -0.497 e. The van der Waals surface area contributed by atoms with Crippen LogP contribution < -0.4 is 9.47 Å². The van der Waals surface area contributed by atoms with Gasteiger partial charge >= 0.3 is 0 Å². The van der Waals surface area contributed by atoms with E-state index in [1.807, 2.05) is 84.1 Å². The van der Waals surface area contributed by atoms with Gasteiger partial charge in [-0.05, 0) is 41.6 Å². The van der Waals surface area contributed by atoms with Gasteiger partial charge in [0.05, 0.1) is 24.1 Å². The summed E-state index contributed by atoms with van der Waals surface area (Å²) < 4.78 is 13.3. The molecule has 176 valence electrons. The molecule has 2 aromatic heterocycles. The van der Waals surface area contributed by atoms with Crippen molar-refractivity contribution in [2.24, 2.45) is 13.0 Å². The number of hydrogen-bond acceptors (Lipinski definition) is 5. The first-order chi connectivity index (χ1) is 16.5. The number of carbonyl (C=O) groups excluding carboxylic acids is 1. The van der Waals surface area contributed by atoms with Crippen LogP contribution in [0.5, 0.6) is 17.4 Å². The van der Waals surface area contributed by atoms with Crippen molar-refractivity contribution >= 4 is 17.2 Å². The third-order valence-corrected chi connectivity index (χ3v) is 6.22. The fourth-order valence-electron chi connectivity index (χ4n) is 3.81. The van der Waals surface area contributed by atoms with Gasteiger partial charge in [0.25, 0.3) is 5.91 Å². The van der Waals surface area contributed by atoms with Crippen LogP contribution in [0.15, 0.2) is 72.1 Å². The number of aryl methyl sites for hydroxylation is 1. The molecule has 2 aromatic carbocycles. The molecule has 0 saturated heterocycles. The molecule has 4 rings (SSSR count). The summed E-state index contributed by atoms with van der Waals surface area (Å²) in [6.45, 7) is 5.25. The number of hydrogen-bond donors (Lipinski definition) is 0. The summed E-state index contributed by atoms with van der Waals surface area (Å²) in [6, 6.07) is 21.2. The zero-order valence-electron chi connectivity index (χ0n) is 19.9. The number of thiophene rings is 1. The maximum atomic E-state index is 13.4. The van der Waals surface area contributed by atoms with E-state index in [0.717, 1.165) is 27.4 Å². The lowest BCUT2D eigenvalue weighted by atomic mass is 10.1. The average molecular weight is 476 g/mol. The molecule has 2 heterocycles. The number of amides is 1. The second kappa shape index (κ2) is 10.6. The molecule has 0 spiro atoms. The predicted octanol–water partition coefficient (Wildman–Crippen LogP) is 6.25. The molecule has 0 unspecified atom stereocenters. The smallest absolute Gasteiger partial charge is 0.264 e. The first kappa shape index (κ1) is 23.6. The standard InChI is InChI=1S/C27H29N3O3S/c1-19(2)17-30(26(31)24-11-8-16-34-24)18-23-25(20-9-6-5-7-10-20)28-29(3)27(23)33-22-14-12-21(32-4)13-15-22/h5-16,19H,17-18H2,1-4H3. The highest BCUT2D eigenvalue weighted by atomic mass is 32.1. The molecule has 0 N–H and O–H groups in total. The van der Waals surface area contributed by atoms with Crippen LogP contribution in [0.4, 0.5) is 0 Å². The van der Waals surface area contributed by atoms with E-state index in [9.17, 15) is 4.79 Å². The third kappa shape index (κ3) is 5.31. The van der Waals surface area contributed by atoms with Crippen LogP contribution in [0.25, 0.3) is 11.3 Å². The molecule has 0 saturated carbocycles. The zero-order chi connectivity index (χ0) is 24.1. The maximum Gasteiger partial charge on any atom is 0.264 e. The van der Waals surface area contributed by atoms with Crippen molar-refractivity contribution in [2.45, 2.75) is 20.4 Å². The number of rotatable bonds is 9. The van der Waals surface area contributed by atoms with Gasteiger partial charge in [-0.1, -0.05) is 50.2 Å². The molecule has 0 fully saturated rings. The molecule has 6 nitrogen and oxygen atoms in total. The van der Waals surface area contributed by atoms with Crippen LogP contribution in [0.2, 0.25) is 0 Å². The summed E-state index contributed by atoms with van der Waals surface area (Å²) in [4.78, 5) is 16.0. The predicted molar refractivity (Wildman–Crippen MR) is 136 cm³/mol. The van der Waals surface area contributed by atoms with Crippen molar-refractivity contribution in [3.8, 4) is 28.6 Å². The van der Waals surface area contributed by atoms with Crippen LogP contribution in [-0.4, -0.2) is 34.2 Å². The molecule has 4 aromatic rings. The summed E-state index contributed by atoms with van der Waals surface area (Å²) >= 11 is 1.46.